The Morgan fingerprint density at radius 3 is 2.35 bits per heavy atom. The molecule has 0 amide bonds. The number of thiophene rings is 1. The van der Waals surface area contributed by atoms with Crippen molar-refractivity contribution in [2.45, 2.75) is 25.2 Å². The summed E-state index contributed by atoms with van der Waals surface area (Å²) in [6.07, 6.45) is 6.40. The summed E-state index contributed by atoms with van der Waals surface area (Å²) < 4.78 is 11.8. The molecule has 272 valence electrons. The van der Waals surface area contributed by atoms with Gasteiger partial charge in [0, 0.05) is 47.6 Å². The fourth-order valence-electron chi connectivity index (χ4n) is 9.08. The van der Waals surface area contributed by atoms with E-state index in [2.05, 4.69) is 179 Å². The van der Waals surface area contributed by atoms with Crippen LogP contribution in [0.4, 0.5) is 0 Å². The average molecular weight is 753 g/mol. The van der Waals surface area contributed by atoms with Crippen LogP contribution in [0.3, 0.4) is 0 Å². The third kappa shape index (κ3) is 5.22. The number of hydrogen-bond donors (Lipinski definition) is 2. The molecule has 2 unspecified atom stereocenters. The lowest BCUT2D eigenvalue weighted by atomic mass is 10.0. The maximum absolute atomic E-state index is 6.88. The minimum Gasteiger partial charge on any atom is -0.454 e. The molecule has 2 atom stereocenters. The molecular formula is C51H36N4OS. The molecule has 0 radical (unpaired) electrons. The van der Waals surface area contributed by atoms with Gasteiger partial charge in [-0.2, -0.15) is 0 Å². The number of aromatic nitrogens is 1. The van der Waals surface area contributed by atoms with E-state index in [1.165, 1.54) is 53.5 Å². The normalized spacial score (nSPS) is 16.7. The van der Waals surface area contributed by atoms with Crippen molar-refractivity contribution in [3.05, 3.63) is 192 Å². The molecule has 2 aliphatic rings. The van der Waals surface area contributed by atoms with Crippen molar-refractivity contribution in [1.29, 1.82) is 0 Å². The van der Waals surface area contributed by atoms with Crippen molar-refractivity contribution in [1.82, 2.24) is 15.2 Å². The van der Waals surface area contributed by atoms with E-state index in [0.717, 1.165) is 63.0 Å². The lowest BCUT2D eigenvalue weighted by Crippen LogP contribution is -2.44. The molecule has 12 rings (SSSR count). The van der Waals surface area contributed by atoms with Crippen molar-refractivity contribution in [3.63, 3.8) is 0 Å². The van der Waals surface area contributed by atoms with Gasteiger partial charge in [0.25, 0.3) is 0 Å². The average Bonchev–Trinajstić information content (AvgIpc) is 3.96. The first-order valence-corrected chi connectivity index (χ1v) is 20.5. The number of benzene rings is 7. The molecule has 0 saturated carbocycles. The molecule has 3 aromatic heterocycles. The summed E-state index contributed by atoms with van der Waals surface area (Å²) in [4.78, 5) is 5.21. The van der Waals surface area contributed by atoms with Gasteiger partial charge < -0.3 is 14.3 Å². The number of fused-ring (bicyclic) bond motifs is 9. The summed E-state index contributed by atoms with van der Waals surface area (Å²) in [6, 6.07) is 56.5. The van der Waals surface area contributed by atoms with E-state index in [1.54, 1.807) is 0 Å². The van der Waals surface area contributed by atoms with Crippen molar-refractivity contribution >= 4 is 76.3 Å². The van der Waals surface area contributed by atoms with Gasteiger partial charge in [-0.15, -0.1) is 11.3 Å². The zero-order valence-electron chi connectivity index (χ0n) is 30.9. The first-order chi connectivity index (χ1) is 28.2. The van der Waals surface area contributed by atoms with Crippen LogP contribution in [0.25, 0.3) is 75.9 Å². The highest BCUT2D eigenvalue weighted by Crippen LogP contribution is 2.44. The Kier molecular flexibility index (Phi) is 7.37. The van der Waals surface area contributed by atoms with Crippen molar-refractivity contribution in [2.75, 3.05) is 0 Å². The Labute approximate surface area is 333 Å². The molecule has 0 fully saturated rings. The quantitative estimate of drug-likeness (QED) is 0.184. The second-order valence-corrected chi connectivity index (χ2v) is 16.1. The number of furan rings is 1. The van der Waals surface area contributed by atoms with E-state index < -0.39 is 0 Å². The second kappa shape index (κ2) is 12.9. The standard InChI is InChI=1S/C51H36N4OS/c1-3-13-31(14-4-1)49-52-50(32-15-5-2-6-16-32)54-51(53-49)34-26-28-39-41-21-11-19-35(48(41)57-46(39)30-34)33-25-27-38-40-20-12-24-44(47(40)56-45(38)29-33)55-42-22-9-7-17-36(42)37-18-8-10-23-43(37)55/h1-7,9-17,19-30,49,51,53H,8,18H2,(H,52,54). The Morgan fingerprint density at radius 1 is 0.649 bits per heavy atom. The van der Waals surface area contributed by atoms with Crippen LogP contribution in [-0.2, 0) is 6.42 Å². The number of nitrogens with one attached hydrogen (secondary N) is 2. The summed E-state index contributed by atoms with van der Waals surface area (Å²) in [5, 5.41) is 13.5. The molecule has 0 saturated heterocycles. The number of para-hydroxylation sites is 2. The molecule has 4 heterocycles. The molecule has 6 heteroatoms. The van der Waals surface area contributed by atoms with Crippen LogP contribution in [0.1, 0.15) is 46.7 Å². The van der Waals surface area contributed by atoms with Crippen LogP contribution in [0.15, 0.2) is 173 Å². The molecule has 1 aliphatic heterocycles. The summed E-state index contributed by atoms with van der Waals surface area (Å²) in [5.74, 6) is 0.887. The summed E-state index contributed by atoms with van der Waals surface area (Å²) >= 11 is 1.85. The van der Waals surface area contributed by atoms with Gasteiger partial charge in [0.05, 0.1) is 11.2 Å². The highest BCUT2D eigenvalue weighted by atomic mass is 32.1. The molecule has 57 heavy (non-hydrogen) atoms. The number of rotatable bonds is 5. The first-order valence-electron chi connectivity index (χ1n) is 19.7. The molecule has 5 nitrogen and oxygen atoms in total. The number of amidine groups is 1. The topological polar surface area (TPSA) is 54.5 Å². The smallest absolute Gasteiger partial charge is 0.159 e. The maximum Gasteiger partial charge on any atom is 0.159 e. The lowest BCUT2D eigenvalue weighted by molar-refractivity contribution is 0.409. The van der Waals surface area contributed by atoms with Gasteiger partial charge in [0.1, 0.15) is 23.8 Å². The van der Waals surface area contributed by atoms with Crippen LogP contribution >= 0.6 is 11.3 Å². The Hall–Kier alpha value is -6.73. The number of aliphatic imine (C=N–C) groups is 1. The third-order valence-electron chi connectivity index (χ3n) is 11.8. The summed E-state index contributed by atoms with van der Waals surface area (Å²) in [5.41, 5.74) is 12.5. The first kappa shape index (κ1) is 32.5. The van der Waals surface area contributed by atoms with Gasteiger partial charge in [-0.3, -0.25) is 5.32 Å². The molecular weight excluding hydrogens is 717 g/mol. The molecule has 10 aromatic rings. The number of nitrogens with zero attached hydrogens (tertiary/aromatic N) is 2. The van der Waals surface area contributed by atoms with Gasteiger partial charge in [0.15, 0.2) is 5.58 Å². The van der Waals surface area contributed by atoms with E-state index >= 15 is 0 Å². The minimum absolute atomic E-state index is 0.0809. The lowest BCUT2D eigenvalue weighted by Gasteiger charge is -2.32. The van der Waals surface area contributed by atoms with E-state index in [0.29, 0.717) is 0 Å². The van der Waals surface area contributed by atoms with Gasteiger partial charge in [-0.05, 0) is 77.1 Å². The predicted molar refractivity (Wildman–Crippen MR) is 237 cm³/mol. The van der Waals surface area contributed by atoms with Crippen molar-refractivity contribution in [3.8, 4) is 16.8 Å². The Balaban J connectivity index is 0.952. The molecule has 2 N–H and O–H groups in total. The summed E-state index contributed by atoms with van der Waals surface area (Å²) in [6.45, 7) is 0. The van der Waals surface area contributed by atoms with Crippen molar-refractivity contribution in [2.24, 2.45) is 4.99 Å². The third-order valence-corrected chi connectivity index (χ3v) is 13.0. The second-order valence-electron chi connectivity index (χ2n) is 15.1. The van der Waals surface area contributed by atoms with Crippen LogP contribution in [0.5, 0.6) is 0 Å². The number of aryl methyl sites for hydroxylation is 1. The van der Waals surface area contributed by atoms with Gasteiger partial charge in [0.2, 0.25) is 0 Å². The monoisotopic (exact) mass is 752 g/mol. The van der Waals surface area contributed by atoms with Crippen molar-refractivity contribution < 1.29 is 4.42 Å². The van der Waals surface area contributed by atoms with E-state index in [-0.39, 0.29) is 12.3 Å². The zero-order chi connectivity index (χ0) is 37.5. The predicted octanol–water partition coefficient (Wildman–Crippen LogP) is 12.9. The zero-order valence-corrected chi connectivity index (χ0v) is 31.8. The molecule has 0 bridgehead atoms. The van der Waals surface area contributed by atoms with Crippen LogP contribution in [0.2, 0.25) is 0 Å². The van der Waals surface area contributed by atoms with Crippen LogP contribution in [-0.4, -0.2) is 10.4 Å². The Morgan fingerprint density at radius 2 is 1.44 bits per heavy atom. The molecule has 0 spiro atoms. The molecule has 7 aromatic carbocycles. The van der Waals surface area contributed by atoms with E-state index in [9.17, 15) is 0 Å². The van der Waals surface area contributed by atoms with E-state index in [1.807, 2.05) is 17.4 Å². The number of hydrogen-bond acceptors (Lipinski definition) is 5. The number of allylic oxidation sites excluding steroid dienone is 1. The SMILES string of the molecule is C1=Cc2c(c3ccccc3n2-c2cccc3c2oc2cc(-c4cccc5c4sc4cc(C6N=C(c7ccccc7)NC(c7ccccc7)N6)ccc45)ccc23)CC1. The van der Waals surface area contributed by atoms with Gasteiger partial charge in [-0.1, -0.05) is 133 Å². The highest BCUT2D eigenvalue weighted by Gasteiger charge is 2.26. The van der Waals surface area contributed by atoms with Gasteiger partial charge >= 0.3 is 0 Å². The maximum atomic E-state index is 6.88. The fourth-order valence-corrected chi connectivity index (χ4v) is 10.4. The highest BCUT2D eigenvalue weighted by molar-refractivity contribution is 7.26. The largest absolute Gasteiger partial charge is 0.454 e. The van der Waals surface area contributed by atoms with E-state index in [4.69, 9.17) is 9.41 Å². The van der Waals surface area contributed by atoms with Crippen LogP contribution < -0.4 is 10.6 Å². The minimum atomic E-state index is -0.216. The van der Waals surface area contributed by atoms with Gasteiger partial charge in [-0.25, -0.2) is 4.99 Å². The summed E-state index contributed by atoms with van der Waals surface area (Å²) in [7, 11) is 0. The van der Waals surface area contributed by atoms with Crippen LogP contribution in [0, 0.1) is 0 Å². The fraction of sp³-hybridized carbons (Fsp3) is 0.0784. The molecule has 1 aliphatic carbocycles. The Bertz CT molecular complexity index is 3260.